The van der Waals surface area contributed by atoms with Gasteiger partial charge in [0.15, 0.2) is 11.6 Å². The van der Waals surface area contributed by atoms with Gasteiger partial charge in [0.05, 0.1) is 6.54 Å². The van der Waals surface area contributed by atoms with Crippen molar-refractivity contribution < 1.29 is 9.53 Å². The zero-order chi connectivity index (χ0) is 16.2. The van der Waals surface area contributed by atoms with Crippen molar-refractivity contribution >= 4 is 11.7 Å². The molecule has 2 heterocycles. The van der Waals surface area contributed by atoms with Gasteiger partial charge in [-0.1, -0.05) is 12.2 Å². The van der Waals surface area contributed by atoms with Gasteiger partial charge < -0.3 is 14.5 Å². The van der Waals surface area contributed by atoms with Crippen molar-refractivity contribution in [2.75, 3.05) is 32.1 Å². The van der Waals surface area contributed by atoms with Crippen molar-refractivity contribution in [3.05, 3.63) is 30.5 Å². The minimum atomic E-state index is 0.0565. The maximum absolute atomic E-state index is 12.4. The highest BCUT2D eigenvalue weighted by Gasteiger charge is 2.29. The van der Waals surface area contributed by atoms with Gasteiger partial charge in [-0.2, -0.15) is 0 Å². The van der Waals surface area contributed by atoms with Gasteiger partial charge >= 0.3 is 0 Å². The molecule has 1 saturated heterocycles. The standard InChI is InChI=1S/C18H25N3O2/c1-20(2)18-16(8-5-10-19-18)23-15-9-11-21(13-15)17(22)12-14-6-3-4-7-14/h3,5-6,8,10,14-15H,4,7,9,11-13H2,1-2H3/t14-,15-/m1/s1. The molecule has 2 aliphatic rings. The molecule has 0 bridgehead atoms. The van der Waals surface area contributed by atoms with Crippen molar-refractivity contribution in [1.82, 2.24) is 9.88 Å². The van der Waals surface area contributed by atoms with Crippen LogP contribution in [0.2, 0.25) is 0 Å². The molecule has 0 aromatic carbocycles. The van der Waals surface area contributed by atoms with Gasteiger partial charge in [-0.15, -0.1) is 0 Å². The molecule has 1 aliphatic heterocycles. The first kappa shape index (κ1) is 15.8. The number of ether oxygens (including phenoxy) is 1. The summed E-state index contributed by atoms with van der Waals surface area (Å²) < 4.78 is 6.11. The lowest BCUT2D eigenvalue weighted by molar-refractivity contribution is -0.131. The summed E-state index contributed by atoms with van der Waals surface area (Å²) >= 11 is 0. The zero-order valence-corrected chi connectivity index (χ0v) is 13.9. The Morgan fingerprint density at radius 3 is 3.04 bits per heavy atom. The lowest BCUT2D eigenvalue weighted by Gasteiger charge is -2.21. The second-order valence-corrected chi connectivity index (χ2v) is 6.56. The Morgan fingerprint density at radius 1 is 1.43 bits per heavy atom. The zero-order valence-electron chi connectivity index (χ0n) is 13.9. The van der Waals surface area contributed by atoms with E-state index in [1.807, 2.05) is 36.0 Å². The fraction of sp³-hybridized carbons (Fsp3) is 0.556. The number of likely N-dealkylation sites (tertiary alicyclic amines) is 1. The Bertz CT molecular complexity index is 585. The van der Waals surface area contributed by atoms with Gasteiger partial charge in [0.1, 0.15) is 6.10 Å². The topological polar surface area (TPSA) is 45.7 Å². The van der Waals surface area contributed by atoms with E-state index in [9.17, 15) is 4.79 Å². The van der Waals surface area contributed by atoms with E-state index in [0.717, 1.165) is 37.4 Å². The lowest BCUT2D eigenvalue weighted by atomic mass is 10.0. The number of carbonyl (C=O) groups excluding carboxylic acids is 1. The molecule has 0 spiro atoms. The van der Waals surface area contributed by atoms with Crippen molar-refractivity contribution in [2.45, 2.75) is 31.8 Å². The molecule has 1 amide bonds. The Morgan fingerprint density at radius 2 is 2.30 bits per heavy atom. The van der Waals surface area contributed by atoms with Gasteiger partial charge in [0.25, 0.3) is 0 Å². The number of carbonyl (C=O) groups is 1. The molecule has 1 aromatic heterocycles. The first-order valence-corrected chi connectivity index (χ1v) is 8.37. The summed E-state index contributed by atoms with van der Waals surface area (Å²) in [5.74, 6) is 2.30. The minimum Gasteiger partial charge on any atom is -0.485 e. The largest absolute Gasteiger partial charge is 0.485 e. The summed E-state index contributed by atoms with van der Waals surface area (Å²) in [6.45, 7) is 1.47. The summed E-state index contributed by atoms with van der Waals surface area (Å²) in [5.41, 5.74) is 0. The molecular formula is C18H25N3O2. The molecule has 23 heavy (non-hydrogen) atoms. The Kier molecular flexibility index (Phi) is 4.84. The monoisotopic (exact) mass is 315 g/mol. The van der Waals surface area contributed by atoms with Gasteiger partial charge in [0, 0.05) is 39.7 Å². The maximum atomic E-state index is 12.4. The van der Waals surface area contributed by atoms with Gasteiger partial charge in [0.2, 0.25) is 5.91 Å². The molecule has 1 aliphatic carbocycles. The molecule has 5 nitrogen and oxygen atoms in total. The SMILES string of the molecule is CN(C)c1ncccc1O[C@@H]1CCN(C(=O)C[C@@H]2C=CCC2)C1. The number of hydrogen-bond acceptors (Lipinski definition) is 4. The molecule has 0 radical (unpaired) electrons. The number of pyridine rings is 1. The van der Waals surface area contributed by atoms with Crippen molar-refractivity contribution in [3.8, 4) is 5.75 Å². The van der Waals surface area contributed by atoms with E-state index in [-0.39, 0.29) is 12.0 Å². The second kappa shape index (κ2) is 7.02. The number of hydrogen-bond donors (Lipinski definition) is 0. The molecule has 0 saturated carbocycles. The summed E-state index contributed by atoms with van der Waals surface area (Å²) in [6, 6.07) is 3.82. The van der Waals surface area contributed by atoms with Crippen LogP contribution in [0.15, 0.2) is 30.5 Å². The molecule has 1 aromatic rings. The van der Waals surface area contributed by atoms with E-state index in [1.165, 1.54) is 0 Å². The highest BCUT2D eigenvalue weighted by molar-refractivity contribution is 5.77. The number of allylic oxidation sites excluding steroid dienone is 2. The number of amides is 1. The molecule has 2 atom stereocenters. The quantitative estimate of drug-likeness (QED) is 0.783. The summed E-state index contributed by atoms with van der Waals surface area (Å²) in [4.78, 5) is 20.6. The lowest BCUT2D eigenvalue weighted by Crippen LogP contribution is -2.32. The van der Waals surface area contributed by atoms with E-state index < -0.39 is 0 Å². The van der Waals surface area contributed by atoms with Crippen LogP contribution in [0, 0.1) is 5.92 Å². The molecule has 0 N–H and O–H groups in total. The highest BCUT2D eigenvalue weighted by atomic mass is 16.5. The second-order valence-electron chi connectivity index (χ2n) is 6.56. The van der Waals surface area contributed by atoms with Crippen LogP contribution in [0.5, 0.6) is 5.75 Å². The van der Waals surface area contributed by atoms with Gasteiger partial charge in [-0.3, -0.25) is 4.79 Å². The van der Waals surface area contributed by atoms with Crippen molar-refractivity contribution in [2.24, 2.45) is 5.92 Å². The van der Waals surface area contributed by atoms with Crippen LogP contribution < -0.4 is 9.64 Å². The maximum Gasteiger partial charge on any atom is 0.223 e. The van der Waals surface area contributed by atoms with Gasteiger partial charge in [-0.25, -0.2) is 4.98 Å². The predicted octanol–water partition coefficient (Wildman–Crippen LogP) is 2.48. The Balaban J connectivity index is 1.55. The van der Waals surface area contributed by atoms with E-state index in [4.69, 9.17) is 4.74 Å². The van der Waals surface area contributed by atoms with Crippen molar-refractivity contribution in [1.29, 1.82) is 0 Å². The number of nitrogens with zero attached hydrogens (tertiary/aromatic N) is 3. The summed E-state index contributed by atoms with van der Waals surface area (Å²) in [6.07, 6.45) is 9.93. The smallest absolute Gasteiger partial charge is 0.223 e. The van der Waals surface area contributed by atoms with E-state index in [1.54, 1.807) is 6.20 Å². The van der Waals surface area contributed by atoms with Crippen LogP contribution in [-0.2, 0) is 4.79 Å². The Hall–Kier alpha value is -2.04. The third-order valence-electron chi connectivity index (χ3n) is 4.52. The Labute approximate surface area is 137 Å². The molecule has 0 unspecified atom stereocenters. The fourth-order valence-corrected chi connectivity index (χ4v) is 3.26. The van der Waals surface area contributed by atoms with Crippen LogP contribution in [0.25, 0.3) is 0 Å². The molecule has 1 fully saturated rings. The van der Waals surface area contributed by atoms with Crippen LogP contribution in [0.4, 0.5) is 5.82 Å². The normalized spacial score (nSPS) is 23.3. The fourth-order valence-electron chi connectivity index (χ4n) is 3.26. The number of anilines is 1. The first-order chi connectivity index (χ1) is 11.1. The van der Waals surface area contributed by atoms with E-state index in [0.29, 0.717) is 18.9 Å². The van der Waals surface area contributed by atoms with E-state index >= 15 is 0 Å². The van der Waals surface area contributed by atoms with Crippen LogP contribution >= 0.6 is 0 Å². The first-order valence-electron chi connectivity index (χ1n) is 8.37. The molecule has 124 valence electrons. The van der Waals surface area contributed by atoms with Gasteiger partial charge in [-0.05, 0) is 30.9 Å². The molecular weight excluding hydrogens is 290 g/mol. The van der Waals surface area contributed by atoms with E-state index in [2.05, 4.69) is 17.1 Å². The van der Waals surface area contributed by atoms with Crippen LogP contribution in [-0.4, -0.2) is 49.1 Å². The highest BCUT2D eigenvalue weighted by Crippen LogP contribution is 2.27. The molecule has 3 rings (SSSR count). The molecule has 5 heteroatoms. The van der Waals surface area contributed by atoms with Crippen molar-refractivity contribution in [3.63, 3.8) is 0 Å². The average molecular weight is 315 g/mol. The van der Waals surface area contributed by atoms with Crippen LogP contribution in [0.1, 0.15) is 25.7 Å². The summed E-state index contributed by atoms with van der Waals surface area (Å²) in [5, 5.41) is 0. The third-order valence-corrected chi connectivity index (χ3v) is 4.52. The predicted molar refractivity (Wildman–Crippen MR) is 90.7 cm³/mol. The van der Waals surface area contributed by atoms with Crippen LogP contribution in [0.3, 0.4) is 0 Å². The average Bonchev–Trinajstić information content (AvgIpc) is 3.19. The number of aromatic nitrogens is 1. The summed E-state index contributed by atoms with van der Waals surface area (Å²) in [7, 11) is 3.91. The number of rotatable bonds is 5. The third kappa shape index (κ3) is 3.84. The minimum absolute atomic E-state index is 0.0565.